The molecule has 4 fully saturated rings. The molecule has 140 valence electrons. The van der Waals surface area contributed by atoms with E-state index in [2.05, 4.69) is 6.07 Å². The maximum absolute atomic E-state index is 8.92. The van der Waals surface area contributed by atoms with E-state index in [0.29, 0.717) is 13.0 Å². The molecule has 0 bridgehead atoms. The Morgan fingerprint density at radius 3 is 2.56 bits per heavy atom. The topological polar surface area (TPSA) is 82.4 Å². The predicted molar refractivity (Wildman–Crippen MR) is 83.8 cm³/mol. The van der Waals surface area contributed by atoms with Gasteiger partial charge in [0.1, 0.15) is 18.3 Å². The molecule has 0 N–H and O–H groups in total. The molecule has 8 heteroatoms. The van der Waals surface area contributed by atoms with Gasteiger partial charge in [0.25, 0.3) is 0 Å². The van der Waals surface area contributed by atoms with Crippen molar-refractivity contribution in [1.82, 2.24) is 5.06 Å². The third-order valence-corrected chi connectivity index (χ3v) is 5.06. The second kappa shape index (κ2) is 6.13. The molecular weight excluding hydrogens is 328 g/mol. The summed E-state index contributed by atoms with van der Waals surface area (Å²) in [4.78, 5) is 6.00. The van der Waals surface area contributed by atoms with E-state index >= 15 is 0 Å². The lowest BCUT2D eigenvalue weighted by molar-refractivity contribution is -0.252. The number of hydroxylamine groups is 2. The van der Waals surface area contributed by atoms with Crippen molar-refractivity contribution >= 4 is 0 Å². The zero-order valence-electron chi connectivity index (χ0n) is 15.1. The van der Waals surface area contributed by atoms with E-state index in [4.69, 9.17) is 33.8 Å². The van der Waals surface area contributed by atoms with Crippen LogP contribution in [-0.2, 0) is 28.5 Å². The molecule has 1 unspecified atom stereocenters. The van der Waals surface area contributed by atoms with Crippen molar-refractivity contribution in [2.75, 3.05) is 13.2 Å². The Bertz CT molecular complexity index is 562. The Labute approximate surface area is 147 Å². The first kappa shape index (κ1) is 17.6. The van der Waals surface area contributed by atoms with E-state index in [-0.39, 0.29) is 30.5 Å². The minimum absolute atomic E-state index is 0.0859. The summed E-state index contributed by atoms with van der Waals surface area (Å²) in [6.45, 7) is 8.71. The molecule has 4 aliphatic rings. The van der Waals surface area contributed by atoms with Gasteiger partial charge in [0.15, 0.2) is 17.9 Å². The molecular formula is C17H26N2O6. The summed E-state index contributed by atoms with van der Waals surface area (Å²) in [6.07, 6.45) is -0.136. The number of nitrogens with zero attached hydrogens (tertiary/aromatic N) is 2. The van der Waals surface area contributed by atoms with Crippen molar-refractivity contribution in [2.45, 2.75) is 88.9 Å². The first-order valence-electron chi connectivity index (χ1n) is 8.91. The molecule has 25 heavy (non-hydrogen) atoms. The molecule has 0 amide bonds. The molecule has 0 aromatic carbocycles. The van der Waals surface area contributed by atoms with Gasteiger partial charge in [0, 0.05) is 6.54 Å². The van der Waals surface area contributed by atoms with E-state index in [1.54, 1.807) is 0 Å². The second-order valence-corrected chi connectivity index (χ2v) is 7.95. The van der Waals surface area contributed by atoms with Crippen LogP contribution in [0.4, 0.5) is 0 Å². The first-order valence-corrected chi connectivity index (χ1v) is 8.91. The number of rotatable bonds is 3. The Morgan fingerprint density at radius 1 is 1.08 bits per heavy atom. The van der Waals surface area contributed by atoms with Crippen LogP contribution in [0.1, 0.15) is 40.5 Å². The van der Waals surface area contributed by atoms with Crippen molar-refractivity contribution in [3.8, 4) is 6.07 Å². The van der Waals surface area contributed by atoms with Crippen molar-refractivity contribution < 1.29 is 28.5 Å². The maximum Gasteiger partial charge on any atom is 0.189 e. The molecule has 0 spiro atoms. The largest absolute Gasteiger partial charge is 0.348 e. The van der Waals surface area contributed by atoms with Gasteiger partial charge in [-0.05, 0) is 34.1 Å². The summed E-state index contributed by atoms with van der Waals surface area (Å²) in [7, 11) is 0. The standard InChI is InChI=1S/C17H26N2O6/c1-16(2)20-9-11(22-16)13-12(19-8-6-10(25-19)5-7-18)14-15(21-13)24-17(3,4)23-14/h10-15H,5-6,8-9H2,1-4H3/t10?,11-,12-,13-,14-,15-/m1/s1. The summed E-state index contributed by atoms with van der Waals surface area (Å²) in [5, 5.41) is 10.8. The Kier molecular flexibility index (Phi) is 4.32. The number of fused-ring (bicyclic) bond motifs is 1. The maximum atomic E-state index is 8.92. The van der Waals surface area contributed by atoms with Gasteiger partial charge in [-0.1, -0.05) is 0 Å². The van der Waals surface area contributed by atoms with Crippen LogP contribution < -0.4 is 0 Å². The number of hydrogen-bond donors (Lipinski definition) is 0. The molecule has 0 aliphatic carbocycles. The summed E-state index contributed by atoms with van der Waals surface area (Å²) < 4.78 is 29.9. The van der Waals surface area contributed by atoms with Crippen molar-refractivity contribution in [3.05, 3.63) is 0 Å². The molecule has 0 saturated carbocycles. The van der Waals surface area contributed by atoms with E-state index in [1.807, 2.05) is 32.8 Å². The van der Waals surface area contributed by atoms with Crippen LogP contribution in [0.15, 0.2) is 0 Å². The van der Waals surface area contributed by atoms with Gasteiger partial charge in [0.2, 0.25) is 0 Å². The fraction of sp³-hybridized carbons (Fsp3) is 0.941. The first-order chi connectivity index (χ1) is 11.8. The molecule has 0 aromatic rings. The van der Waals surface area contributed by atoms with Crippen LogP contribution in [0.5, 0.6) is 0 Å². The SMILES string of the molecule is CC1(C)O[C@H]2O[C@H]([C@H]3COC(C)(C)O3)[C@@H](N3CCC(CC#N)O3)[C@H]2O1. The predicted octanol–water partition coefficient (Wildman–Crippen LogP) is 1.30. The van der Waals surface area contributed by atoms with Crippen LogP contribution in [0.2, 0.25) is 0 Å². The number of hydrogen-bond acceptors (Lipinski definition) is 8. The molecule has 8 nitrogen and oxygen atoms in total. The molecule has 4 rings (SSSR count). The van der Waals surface area contributed by atoms with Crippen molar-refractivity contribution in [1.29, 1.82) is 5.26 Å². The van der Waals surface area contributed by atoms with Crippen LogP contribution in [0.3, 0.4) is 0 Å². The third kappa shape index (κ3) is 3.30. The molecule has 4 heterocycles. The lowest BCUT2D eigenvalue weighted by Crippen LogP contribution is -2.51. The van der Waals surface area contributed by atoms with Crippen LogP contribution in [0.25, 0.3) is 0 Å². The van der Waals surface area contributed by atoms with Crippen LogP contribution >= 0.6 is 0 Å². The summed E-state index contributed by atoms with van der Waals surface area (Å²) in [6, 6.07) is 2.01. The monoisotopic (exact) mass is 354 g/mol. The van der Waals surface area contributed by atoms with E-state index in [0.717, 1.165) is 13.0 Å². The fourth-order valence-corrected chi connectivity index (χ4v) is 4.06. The van der Waals surface area contributed by atoms with Crippen molar-refractivity contribution in [2.24, 2.45) is 0 Å². The Balaban J connectivity index is 1.54. The highest BCUT2D eigenvalue weighted by Gasteiger charge is 2.60. The summed E-state index contributed by atoms with van der Waals surface area (Å²) in [5.41, 5.74) is 0. The lowest BCUT2D eigenvalue weighted by Gasteiger charge is -2.33. The second-order valence-electron chi connectivity index (χ2n) is 7.95. The average molecular weight is 354 g/mol. The zero-order chi connectivity index (χ0) is 17.8. The number of ether oxygens (including phenoxy) is 5. The van der Waals surface area contributed by atoms with Gasteiger partial charge in [0.05, 0.1) is 31.2 Å². The highest BCUT2D eigenvalue weighted by atomic mass is 16.8. The van der Waals surface area contributed by atoms with Gasteiger partial charge >= 0.3 is 0 Å². The minimum Gasteiger partial charge on any atom is -0.348 e. The van der Waals surface area contributed by atoms with Gasteiger partial charge in [-0.3, -0.25) is 4.84 Å². The average Bonchev–Trinajstić information content (AvgIpc) is 3.22. The van der Waals surface area contributed by atoms with E-state index in [1.165, 1.54) is 0 Å². The van der Waals surface area contributed by atoms with Crippen LogP contribution in [-0.4, -0.2) is 66.5 Å². The molecule has 6 atom stereocenters. The highest BCUT2D eigenvalue weighted by Crippen LogP contribution is 2.43. The van der Waals surface area contributed by atoms with Gasteiger partial charge in [-0.2, -0.15) is 10.3 Å². The lowest BCUT2D eigenvalue weighted by atomic mass is 10.0. The molecule has 4 saturated heterocycles. The smallest absolute Gasteiger partial charge is 0.189 e. The van der Waals surface area contributed by atoms with E-state index in [9.17, 15) is 0 Å². The van der Waals surface area contributed by atoms with Gasteiger partial charge in [-0.25, -0.2) is 0 Å². The quantitative estimate of drug-likeness (QED) is 0.750. The highest BCUT2D eigenvalue weighted by molar-refractivity contribution is 5.02. The molecule has 0 aromatic heterocycles. The van der Waals surface area contributed by atoms with Crippen molar-refractivity contribution in [3.63, 3.8) is 0 Å². The normalized spacial score (nSPS) is 45.6. The zero-order valence-corrected chi connectivity index (χ0v) is 15.1. The third-order valence-electron chi connectivity index (χ3n) is 5.06. The Hall–Kier alpha value is -0.790. The Morgan fingerprint density at radius 2 is 1.88 bits per heavy atom. The van der Waals surface area contributed by atoms with Gasteiger partial charge in [-0.15, -0.1) is 0 Å². The minimum atomic E-state index is -0.698. The number of nitriles is 1. The van der Waals surface area contributed by atoms with Crippen LogP contribution in [0, 0.1) is 11.3 Å². The molecule has 0 radical (unpaired) electrons. The van der Waals surface area contributed by atoms with Gasteiger partial charge < -0.3 is 23.7 Å². The summed E-state index contributed by atoms with van der Waals surface area (Å²) >= 11 is 0. The van der Waals surface area contributed by atoms with E-state index < -0.39 is 17.9 Å². The fourth-order valence-electron chi connectivity index (χ4n) is 4.06. The summed E-state index contributed by atoms with van der Waals surface area (Å²) in [5.74, 6) is -1.33. The molecule has 4 aliphatic heterocycles.